The van der Waals surface area contributed by atoms with Crippen molar-refractivity contribution in [3.8, 4) is 0 Å². The fourth-order valence-electron chi connectivity index (χ4n) is 1.65. The molecule has 2 unspecified atom stereocenters. The third kappa shape index (κ3) is 3.93. The van der Waals surface area contributed by atoms with Crippen LogP contribution in [0.4, 0.5) is 0 Å². The fourth-order valence-corrected chi connectivity index (χ4v) is 1.65. The molecule has 1 aromatic carbocycles. The van der Waals surface area contributed by atoms with Gasteiger partial charge < -0.3 is 15.2 Å². The Morgan fingerprint density at radius 3 is 2.50 bits per heavy atom. The number of nitrogens with one attached hydrogen (secondary N) is 1. The van der Waals surface area contributed by atoms with Gasteiger partial charge in [-0.25, -0.2) is 0 Å². The van der Waals surface area contributed by atoms with E-state index < -0.39 is 6.10 Å². The number of aliphatic hydroxyl groups is 1. The van der Waals surface area contributed by atoms with Crippen LogP contribution in [0, 0.1) is 0 Å². The van der Waals surface area contributed by atoms with E-state index in [0.717, 1.165) is 12.1 Å². The molecule has 0 aliphatic carbocycles. The minimum Gasteiger partial charge on any atom is -0.387 e. The summed E-state index contributed by atoms with van der Waals surface area (Å²) in [6.07, 6.45) is -0.521. The van der Waals surface area contributed by atoms with Gasteiger partial charge >= 0.3 is 0 Å². The van der Waals surface area contributed by atoms with Crippen molar-refractivity contribution >= 4 is 0 Å². The Kier molecular flexibility index (Phi) is 6.08. The summed E-state index contributed by atoms with van der Waals surface area (Å²) in [5.41, 5.74) is 0.924. The summed E-state index contributed by atoms with van der Waals surface area (Å²) in [6, 6.07) is 9.63. The van der Waals surface area contributed by atoms with Crippen molar-refractivity contribution in [2.24, 2.45) is 0 Å². The number of aliphatic hydroxyl groups excluding tert-OH is 1. The largest absolute Gasteiger partial charge is 0.387 e. The van der Waals surface area contributed by atoms with Gasteiger partial charge in [0.2, 0.25) is 0 Å². The molecule has 0 saturated heterocycles. The lowest BCUT2D eigenvalue weighted by molar-refractivity contribution is 0.0533. The van der Waals surface area contributed by atoms with Crippen LogP contribution in [-0.4, -0.2) is 30.9 Å². The van der Waals surface area contributed by atoms with Gasteiger partial charge in [0.05, 0.1) is 18.8 Å². The molecule has 3 nitrogen and oxygen atoms in total. The first-order valence-electron chi connectivity index (χ1n) is 5.83. The van der Waals surface area contributed by atoms with Gasteiger partial charge in [0.1, 0.15) is 0 Å². The molecule has 3 heteroatoms. The van der Waals surface area contributed by atoms with Crippen LogP contribution in [0.2, 0.25) is 0 Å². The SMILES string of the molecule is CCNC(COCC)C(O)c1ccccc1. The van der Waals surface area contributed by atoms with E-state index in [2.05, 4.69) is 5.32 Å². The average molecular weight is 223 g/mol. The van der Waals surface area contributed by atoms with Crippen molar-refractivity contribution in [3.63, 3.8) is 0 Å². The molecular formula is C13H21NO2. The summed E-state index contributed by atoms with van der Waals surface area (Å²) in [6.45, 7) is 6.00. The molecule has 0 amide bonds. The molecular weight excluding hydrogens is 202 g/mol. The smallest absolute Gasteiger partial charge is 0.0965 e. The average Bonchev–Trinajstić information content (AvgIpc) is 2.35. The Hall–Kier alpha value is -0.900. The molecule has 0 bridgehead atoms. The maximum Gasteiger partial charge on any atom is 0.0965 e. The molecule has 0 aliphatic heterocycles. The number of likely N-dealkylation sites (N-methyl/N-ethyl adjacent to an activating group) is 1. The summed E-state index contributed by atoms with van der Waals surface area (Å²) in [4.78, 5) is 0. The minimum absolute atomic E-state index is 0.0488. The van der Waals surface area contributed by atoms with Crippen LogP contribution >= 0.6 is 0 Å². The normalized spacial score (nSPS) is 14.7. The van der Waals surface area contributed by atoms with Gasteiger partial charge in [0.25, 0.3) is 0 Å². The van der Waals surface area contributed by atoms with Gasteiger partial charge in [-0.2, -0.15) is 0 Å². The zero-order valence-electron chi connectivity index (χ0n) is 10.0. The molecule has 0 aromatic heterocycles. The topological polar surface area (TPSA) is 41.5 Å². The number of rotatable bonds is 7. The predicted molar refractivity (Wildman–Crippen MR) is 65.4 cm³/mol. The molecule has 2 N–H and O–H groups in total. The zero-order valence-corrected chi connectivity index (χ0v) is 10.0. The van der Waals surface area contributed by atoms with Gasteiger partial charge in [-0.1, -0.05) is 37.3 Å². The zero-order chi connectivity index (χ0) is 11.8. The molecule has 1 rings (SSSR count). The van der Waals surface area contributed by atoms with E-state index in [-0.39, 0.29) is 6.04 Å². The van der Waals surface area contributed by atoms with Crippen LogP contribution in [0.5, 0.6) is 0 Å². The fraction of sp³-hybridized carbons (Fsp3) is 0.538. The molecule has 16 heavy (non-hydrogen) atoms. The molecule has 0 heterocycles. The maximum absolute atomic E-state index is 10.2. The Labute approximate surface area is 97.4 Å². The number of benzene rings is 1. The predicted octanol–water partition coefficient (Wildman–Crippen LogP) is 1.73. The third-order valence-corrected chi connectivity index (χ3v) is 2.49. The number of ether oxygens (including phenoxy) is 1. The molecule has 90 valence electrons. The minimum atomic E-state index is -0.521. The Morgan fingerprint density at radius 1 is 1.25 bits per heavy atom. The van der Waals surface area contributed by atoms with Crippen LogP contribution in [0.25, 0.3) is 0 Å². The van der Waals surface area contributed by atoms with E-state index in [9.17, 15) is 5.11 Å². The van der Waals surface area contributed by atoms with Crippen molar-refractivity contribution in [2.45, 2.75) is 26.0 Å². The van der Waals surface area contributed by atoms with Crippen LogP contribution < -0.4 is 5.32 Å². The van der Waals surface area contributed by atoms with E-state index in [1.165, 1.54) is 0 Å². The quantitative estimate of drug-likeness (QED) is 0.739. The summed E-state index contributed by atoms with van der Waals surface area (Å²) < 4.78 is 5.37. The second-order valence-electron chi connectivity index (χ2n) is 3.68. The van der Waals surface area contributed by atoms with Crippen molar-refractivity contribution in [1.82, 2.24) is 5.32 Å². The highest BCUT2D eigenvalue weighted by Crippen LogP contribution is 2.16. The van der Waals surface area contributed by atoms with E-state index in [4.69, 9.17) is 4.74 Å². The standard InChI is InChI=1S/C13H21NO2/c1-3-14-12(10-16-4-2)13(15)11-8-6-5-7-9-11/h5-9,12-15H,3-4,10H2,1-2H3. The number of hydrogen-bond acceptors (Lipinski definition) is 3. The molecule has 0 saturated carbocycles. The monoisotopic (exact) mass is 223 g/mol. The molecule has 0 aliphatic rings. The number of hydrogen-bond donors (Lipinski definition) is 2. The Balaban J connectivity index is 2.62. The highest BCUT2D eigenvalue weighted by atomic mass is 16.5. The van der Waals surface area contributed by atoms with E-state index >= 15 is 0 Å². The first kappa shape index (κ1) is 13.2. The molecule has 0 radical (unpaired) electrons. The second-order valence-corrected chi connectivity index (χ2v) is 3.68. The molecule has 0 spiro atoms. The van der Waals surface area contributed by atoms with Crippen molar-refractivity contribution in [1.29, 1.82) is 0 Å². The lowest BCUT2D eigenvalue weighted by Crippen LogP contribution is -2.38. The second kappa shape index (κ2) is 7.39. The van der Waals surface area contributed by atoms with Crippen molar-refractivity contribution in [3.05, 3.63) is 35.9 Å². The highest BCUT2D eigenvalue weighted by Gasteiger charge is 2.19. The summed E-state index contributed by atoms with van der Waals surface area (Å²) >= 11 is 0. The third-order valence-electron chi connectivity index (χ3n) is 2.49. The molecule has 2 atom stereocenters. The first-order chi connectivity index (χ1) is 7.79. The van der Waals surface area contributed by atoms with Gasteiger partial charge in [-0.3, -0.25) is 0 Å². The highest BCUT2D eigenvalue weighted by molar-refractivity contribution is 5.18. The van der Waals surface area contributed by atoms with Gasteiger partial charge in [-0.05, 0) is 19.0 Å². The lowest BCUT2D eigenvalue weighted by atomic mass is 10.0. The Bertz CT molecular complexity index is 277. The van der Waals surface area contributed by atoms with Crippen LogP contribution in [0.15, 0.2) is 30.3 Å². The molecule has 1 aromatic rings. The molecule has 0 fully saturated rings. The summed E-state index contributed by atoms with van der Waals surface area (Å²) in [5.74, 6) is 0. The van der Waals surface area contributed by atoms with Gasteiger partial charge in [0, 0.05) is 6.61 Å². The maximum atomic E-state index is 10.2. The van der Waals surface area contributed by atoms with E-state index in [1.807, 2.05) is 44.2 Å². The Morgan fingerprint density at radius 2 is 1.94 bits per heavy atom. The van der Waals surface area contributed by atoms with Gasteiger partial charge in [0.15, 0.2) is 0 Å². The van der Waals surface area contributed by atoms with Gasteiger partial charge in [-0.15, -0.1) is 0 Å². The lowest BCUT2D eigenvalue weighted by Gasteiger charge is -2.23. The summed E-state index contributed by atoms with van der Waals surface area (Å²) in [5, 5.41) is 13.4. The van der Waals surface area contributed by atoms with Crippen molar-refractivity contribution < 1.29 is 9.84 Å². The van der Waals surface area contributed by atoms with Crippen LogP contribution in [-0.2, 0) is 4.74 Å². The first-order valence-corrected chi connectivity index (χ1v) is 5.83. The van der Waals surface area contributed by atoms with Crippen LogP contribution in [0.1, 0.15) is 25.5 Å². The van der Waals surface area contributed by atoms with E-state index in [0.29, 0.717) is 13.2 Å². The van der Waals surface area contributed by atoms with E-state index in [1.54, 1.807) is 0 Å². The van der Waals surface area contributed by atoms with Crippen LogP contribution in [0.3, 0.4) is 0 Å². The van der Waals surface area contributed by atoms with Crippen molar-refractivity contribution in [2.75, 3.05) is 19.8 Å². The summed E-state index contributed by atoms with van der Waals surface area (Å²) in [7, 11) is 0.